The number of hydrogen-bond donors (Lipinski definition) is 0. The molecule has 0 aromatic heterocycles. The second-order valence-electron chi connectivity index (χ2n) is 5.74. The zero-order valence-corrected chi connectivity index (χ0v) is 13.5. The Kier molecular flexibility index (Phi) is 4.71. The number of ether oxygens (including phenoxy) is 1. The summed E-state index contributed by atoms with van der Waals surface area (Å²) >= 11 is 0. The first kappa shape index (κ1) is 16.0. The number of hydrogen-bond acceptors (Lipinski definition) is 4. The highest BCUT2D eigenvalue weighted by Gasteiger charge is 2.44. The normalized spacial score (nSPS) is 22.6. The van der Waals surface area contributed by atoms with Crippen LogP contribution in [0.15, 0.2) is 29.2 Å². The maximum absolute atomic E-state index is 11.9. The molecule has 3 unspecified atom stereocenters. The Labute approximate surface area is 126 Å². The first-order chi connectivity index (χ1) is 9.89. The predicted molar refractivity (Wildman–Crippen MR) is 80.8 cm³/mol. The van der Waals surface area contributed by atoms with Crippen LogP contribution in [0.25, 0.3) is 0 Å². The molecule has 1 saturated carbocycles. The minimum Gasteiger partial charge on any atom is -0.469 e. The van der Waals surface area contributed by atoms with E-state index in [9.17, 15) is 13.2 Å². The van der Waals surface area contributed by atoms with Crippen LogP contribution >= 0.6 is 0 Å². The van der Waals surface area contributed by atoms with E-state index in [0.717, 1.165) is 18.4 Å². The van der Waals surface area contributed by atoms with Crippen molar-refractivity contribution in [3.8, 4) is 0 Å². The van der Waals surface area contributed by atoms with Crippen LogP contribution in [0.5, 0.6) is 0 Å². The third-order valence-corrected chi connectivity index (χ3v) is 5.98. The van der Waals surface area contributed by atoms with E-state index in [2.05, 4.69) is 6.92 Å². The van der Waals surface area contributed by atoms with Crippen molar-refractivity contribution in [1.82, 2.24) is 0 Å². The van der Waals surface area contributed by atoms with E-state index in [4.69, 9.17) is 4.74 Å². The Hall–Kier alpha value is -1.36. The first-order valence-electron chi connectivity index (χ1n) is 7.29. The van der Waals surface area contributed by atoms with Crippen molar-refractivity contribution in [3.63, 3.8) is 0 Å². The fourth-order valence-electron chi connectivity index (χ4n) is 2.72. The monoisotopic (exact) mass is 310 g/mol. The zero-order valence-electron chi connectivity index (χ0n) is 12.7. The molecule has 0 aliphatic heterocycles. The summed E-state index contributed by atoms with van der Waals surface area (Å²) in [5.41, 5.74) is 1.01. The molecule has 0 saturated heterocycles. The van der Waals surface area contributed by atoms with E-state index in [-0.39, 0.29) is 23.6 Å². The van der Waals surface area contributed by atoms with E-state index in [1.54, 1.807) is 25.1 Å². The Bertz CT molecular complexity index is 621. The highest BCUT2D eigenvalue weighted by atomic mass is 32.2. The highest BCUT2D eigenvalue weighted by molar-refractivity contribution is 7.91. The van der Waals surface area contributed by atoms with E-state index in [0.29, 0.717) is 10.8 Å². The van der Waals surface area contributed by atoms with Crippen LogP contribution in [0.2, 0.25) is 0 Å². The molecule has 1 aliphatic carbocycles. The molecule has 0 radical (unpaired) electrons. The Balaban J connectivity index is 2.06. The van der Waals surface area contributed by atoms with Crippen LogP contribution in [-0.2, 0) is 19.4 Å². The van der Waals surface area contributed by atoms with Gasteiger partial charge < -0.3 is 4.74 Å². The van der Waals surface area contributed by atoms with Gasteiger partial charge in [0.1, 0.15) is 0 Å². The largest absolute Gasteiger partial charge is 0.469 e. The third kappa shape index (κ3) is 3.64. The molecule has 0 heterocycles. The molecule has 2 rings (SSSR count). The molecule has 1 aromatic carbocycles. The van der Waals surface area contributed by atoms with Crippen molar-refractivity contribution in [3.05, 3.63) is 29.8 Å². The fraction of sp³-hybridized carbons (Fsp3) is 0.562. The van der Waals surface area contributed by atoms with Gasteiger partial charge in [0, 0.05) is 0 Å². The molecule has 0 N–H and O–H groups in total. The van der Waals surface area contributed by atoms with Gasteiger partial charge in [0.05, 0.1) is 23.7 Å². The number of carbonyl (C=O) groups excluding carboxylic acids is 1. The second kappa shape index (κ2) is 6.18. The van der Waals surface area contributed by atoms with Crippen LogP contribution in [0.3, 0.4) is 0 Å². The number of rotatable bonds is 6. The molecule has 0 amide bonds. The number of methoxy groups -OCH3 is 1. The molecular formula is C16H22O4S. The summed E-state index contributed by atoms with van der Waals surface area (Å²) in [6.45, 7) is 3.72. The van der Waals surface area contributed by atoms with Crippen LogP contribution in [-0.4, -0.2) is 27.2 Å². The summed E-state index contributed by atoms with van der Waals surface area (Å²) in [5.74, 6) is 0.600. The average molecular weight is 310 g/mol. The minimum atomic E-state index is -3.17. The van der Waals surface area contributed by atoms with Gasteiger partial charge in [-0.2, -0.15) is 0 Å². The van der Waals surface area contributed by atoms with Gasteiger partial charge in [0.15, 0.2) is 9.84 Å². The van der Waals surface area contributed by atoms with Gasteiger partial charge in [-0.05, 0) is 42.4 Å². The summed E-state index contributed by atoms with van der Waals surface area (Å²) in [4.78, 5) is 11.8. The topological polar surface area (TPSA) is 60.4 Å². The van der Waals surface area contributed by atoms with Gasteiger partial charge in [-0.25, -0.2) is 8.42 Å². The van der Waals surface area contributed by atoms with Crippen LogP contribution in [0.4, 0.5) is 0 Å². The molecule has 1 fully saturated rings. The lowest BCUT2D eigenvalue weighted by atomic mass is 9.95. The fourth-order valence-corrected chi connectivity index (χ4v) is 3.65. The van der Waals surface area contributed by atoms with Crippen molar-refractivity contribution < 1.29 is 17.9 Å². The van der Waals surface area contributed by atoms with Crippen LogP contribution < -0.4 is 0 Å². The van der Waals surface area contributed by atoms with Gasteiger partial charge >= 0.3 is 5.97 Å². The number of carbonyl (C=O) groups is 1. The number of esters is 1. The van der Waals surface area contributed by atoms with Crippen molar-refractivity contribution in [2.24, 2.45) is 11.8 Å². The smallest absolute Gasteiger partial charge is 0.308 e. The summed E-state index contributed by atoms with van der Waals surface area (Å²) in [6.07, 6.45) is 1.76. The first-order valence-corrected chi connectivity index (χ1v) is 8.94. The van der Waals surface area contributed by atoms with Gasteiger partial charge in [-0.15, -0.1) is 0 Å². The quantitative estimate of drug-likeness (QED) is 0.758. The summed E-state index contributed by atoms with van der Waals surface area (Å²) in [5, 5.41) is 0. The predicted octanol–water partition coefficient (Wildman–Crippen LogP) is 2.78. The molecule has 0 spiro atoms. The summed E-state index contributed by atoms with van der Waals surface area (Å²) < 4.78 is 28.6. The number of sulfone groups is 1. The summed E-state index contributed by atoms with van der Waals surface area (Å²) in [6, 6.07) is 7.15. The third-order valence-electron chi connectivity index (χ3n) is 4.25. The van der Waals surface area contributed by atoms with Crippen molar-refractivity contribution in [1.29, 1.82) is 0 Å². The molecule has 3 atom stereocenters. The molecule has 1 aliphatic rings. The van der Waals surface area contributed by atoms with E-state index >= 15 is 0 Å². The minimum absolute atomic E-state index is 0.0278. The lowest BCUT2D eigenvalue weighted by Crippen LogP contribution is -2.07. The van der Waals surface area contributed by atoms with Crippen LogP contribution in [0, 0.1) is 11.8 Å². The van der Waals surface area contributed by atoms with E-state index in [1.165, 1.54) is 7.11 Å². The number of benzene rings is 1. The molecule has 116 valence electrons. The lowest BCUT2D eigenvalue weighted by molar-refractivity contribution is -0.142. The van der Waals surface area contributed by atoms with Crippen molar-refractivity contribution in [2.75, 3.05) is 12.9 Å². The SMILES string of the molecule is CCS(=O)(=O)c1cccc(C(C)CC2CC2C(=O)OC)c1. The molecule has 1 aromatic rings. The van der Waals surface area contributed by atoms with Gasteiger partial charge in [0.25, 0.3) is 0 Å². The molecule has 4 nitrogen and oxygen atoms in total. The second-order valence-corrected chi connectivity index (χ2v) is 8.02. The van der Waals surface area contributed by atoms with Crippen molar-refractivity contribution in [2.45, 2.75) is 37.5 Å². The Morgan fingerprint density at radius 1 is 1.43 bits per heavy atom. The Morgan fingerprint density at radius 2 is 2.14 bits per heavy atom. The summed E-state index contributed by atoms with van der Waals surface area (Å²) in [7, 11) is -1.75. The van der Waals surface area contributed by atoms with E-state index < -0.39 is 9.84 Å². The average Bonchev–Trinajstić information content (AvgIpc) is 3.25. The molecule has 21 heavy (non-hydrogen) atoms. The van der Waals surface area contributed by atoms with Gasteiger partial charge in [0.2, 0.25) is 0 Å². The standard InChI is InChI=1S/C16H22O4S/c1-4-21(18,19)14-7-5-6-12(9-14)11(2)8-13-10-15(13)16(17)20-3/h5-7,9,11,13,15H,4,8,10H2,1-3H3. The molecule has 5 heteroatoms. The van der Waals surface area contributed by atoms with Crippen LogP contribution in [0.1, 0.15) is 38.2 Å². The maximum Gasteiger partial charge on any atom is 0.308 e. The van der Waals surface area contributed by atoms with Gasteiger partial charge in [-0.1, -0.05) is 26.0 Å². The molecule has 0 bridgehead atoms. The Morgan fingerprint density at radius 3 is 2.76 bits per heavy atom. The molecular weight excluding hydrogens is 288 g/mol. The van der Waals surface area contributed by atoms with Gasteiger partial charge in [-0.3, -0.25) is 4.79 Å². The highest BCUT2D eigenvalue weighted by Crippen LogP contribution is 2.45. The van der Waals surface area contributed by atoms with E-state index in [1.807, 2.05) is 6.07 Å². The van der Waals surface area contributed by atoms with Crippen molar-refractivity contribution >= 4 is 15.8 Å². The zero-order chi connectivity index (χ0) is 15.6. The lowest BCUT2D eigenvalue weighted by Gasteiger charge is -2.13. The maximum atomic E-state index is 11.9.